The predicted molar refractivity (Wildman–Crippen MR) is 167 cm³/mol. The molecule has 1 amide bonds. The Morgan fingerprint density at radius 3 is 2.64 bits per heavy atom. The zero-order chi connectivity index (χ0) is 29.1. The van der Waals surface area contributed by atoms with Crippen molar-refractivity contribution >= 4 is 17.6 Å². The number of likely N-dealkylation sites (tertiary alicyclic amines) is 2. The van der Waals surface area contributed by atoms with E-state index in [1.54, 1.807) is 6.20 Å². The quantitative estimate of drug-likeness (QED) is 0.460. The Morgan fingerprint density at radius 1 is 1.02 bits per heavy atom. The Balaban J connectivity index is 1.14. The first-order valence-corrected chi connectivity index (χ1v) is 15.4. The van der Waals surface area contributed by atoms with Gasteiger partial charge in [-0.15, -0.1) is 0 Å². The number of nitrogens with zero attached hydrogens (tertiary/aromatic N) is 3. The minimum Gasteiger partial charge on any atom is -0.457 e. The van der Waals surface area contributed by atoms with Gasteiger partial charge in [-0.1, -0.05) is 29.9 Å². The van der Waals surface area contributed by atoms with Crippen molar-refractivity contribution in [3.05, 3.63) is 94.1 Å². The standard InChI is InChI=1S/C35H42N4O3/c1-24-6-7-29-22-31(42-34-11-9-27(5-3-4-25(34)2)32-12-16-36-37-32)10-8-28(29)21-26(20-24)23-38-17-13-30(14-18-38)39-19-15-33(40)35(39)41/h5,8-12,16,20-22,30,33,40H,3-4,6-7,13-15,17-19,23H2,1-2H3,(H,36,37). The van der Waals surface area contributed by atoms with Gasteiger partial charge in [-0.2, -0.15) is 5.10 Å². The van der Waals surface area contributed by atoms with Gasteiger partial charge < -0.3 is 14.7 Å². The lowest BCUT2D eigenvalue weighted by Crippen LogP contribution is -2.46. The van der Waals surface area contributed by atoms with Gasteiger partial charge in [0.05, 0.1) is 5.69 Å². The molecule has 0 bridgehead atoms. The molecule has 3 heterocycles. The number of carbonyl (C=O) groups is 1. The molecule has 6 rings (SSSR count). The number of aliphatic hydroxyl groups excluding tert-OH is 1. The number of fused-ring (bicyclic) bond motifs is 1. The normalized spacial score (nSPS) is 22.5. The van der Waals surface area contributed by atoms with E-state index in [4.69, 9.17) is 4.74 Å². The summed E-state index contributed by atoms with van der Waals surface area (Å²) in [5.74, 6) is 1.70. The van der Waals surface area contributed by atoms with Gasteiger partial charge in [0.25, 0.3) is 5.91 Å². The van der Waals surface area contributed by atoms with Gasteiger partial charge in [0.2, 0.25) is 0 Å². The number of carbonyl (C=O) groups excluding carboxylic acids is 1. The molecule has 1 aromatic carbocycles. The van der Waals surface area contributed by atoms with Gasteiger partial charge in [-0.3, -0.25) is 14.8 Å². The third-order valence-electron chi connectivity index (χ3n) is 9.05. The molecule has 0 saturated carbocycles. The average molecular weight is 567 g/mol. The van der Waals surface area contributed by atoms with E-state index in [0.717, 1.165) is 80.9 Å². The molecule has 2 fully saturated rings. The number of hydrogen-bond donors (Lipinski definition) is 2. The van der Waals surface area contributed by atoms with E-state index < -0.39 is 6.10 Å². The molecule has 1 aromatic heterocycles. The maximum Gasteiger partial charge on any atom is 0.251 e. The molecule has 2 aliphatic carbocycles. The van der Waals surface area contributed by atoms with Gasteiger partial charge in [-0.05, 0) is 117 Å². The van der Waals surface area contributed by atoms with Crippen LogP contribution in [0.1, 0.15) is 69.2 Å². The summed E-state index contributed by atoms with van der Waals surface area (Å²) >= 11 is 0. The number of aryl methyl sites for hydroxylation is 1. The van der Waals surface area contributed by atoms with Crippen LogP contribution < -0.4 is 4.74 Å². The van der Waals surface area contributed by atoms with Crippen LogP contribution in [0.5, 0.6) is 5.75 Å². The van der Waals surface area contributed by atoms with E-state index in [9.17, 15) is 9.90 Å². The molecule has 2 N–H and O–H groups in total. The molecule has 4 aliphatic rings. The third kappa shape index (κ3) is 6.53. The smallest absolute Gasteiger partial charge is 0.251 e. The fraction of sp³-hybridized carbons (Fsp3) is 0.429. The van der Waals surface area contributed by atoms with Gasteiger partial charge >= 0.3 is 0 Å². The fourth-order valence-electron chi connectivity index (χ4n) is 6.56. The molecule has 2 saturated heterocycles. The number of aromatic amines is 1. The van der Waals surface area contributed by atoms with Crippen molar-refractivity contribution in [3.63, 3.8) is 0 Å². The summed E-state index contributed by atoms with van der Waals surface area (Å²) in [4.78, 5) is 16.7. The van der Waals surface area contributed by atoms with E-state index in [1.165, 1.54) is 27.8 Å². The lowest BCUT2D eigenvalue weighted by Gasteiger charge is -2.37. The third-order valence-corrected chi connectivity index (χ3v) is 9.05. The van der Waals surface area contributed by atoms with Crippen molar-refractivity contribution in [2.45, 2.75) is 70.9 Å². The highest BCUT2D eigenvalue weighted by Crippen LogP contribution is 2.30. The zero-order valence-electron chi connectivity index (χ0n) is 24.8. The number of allylic oxidation sites excluding steroid dienone is 6. The number of benzene rings is 1. The number of ether oxygens (including phenoxy) is 1. The lowest BCUT2D eigenvalue weighted by atomic mass is 9.93. The molecule has 2 aromatic rings. The average Bonchev–Trinajstić information content (AvgIpc) is 3.62. The number of rotatable bonds is 6. The number of aromatic nitrogens is 2. The number of amides is 1. The molecule has 7 heteroatoms. The largest absolute Gasteiger partial charge is 0.457 e. The minimum atomic E-state index is -0.798. The van der Waals surface area contributed by atoms with Crippen LogP contribution in [0.2, 0.25) is 0 Å². The van der Waals surface area contributed by atoms with E-state index >= 15 is 0 Å². The Kier molecular flexibility index (Phi) is 8.58. The number of hydrogen-bond acceptors (Lipinski definition) is 5. The second-order valence-electron chi connectivity index (χ2n) is 12.2. The first kappa shape index (κ1) is 28.4. The monoisotopic (exact) mass is 566 g/mol. The molecule has 220 valence electrons. The fourth-order valence-corrected chi connectivity index (χ4v) is 6.56. The summed E-state index contributed by atoms with van der Waals surface area (Å²) in [6.45, 7) is 7.91. The van der Waals surface area contributed by atoms with E-state index in [0.29, 0.717) is 13.0 Å². The Labute approximate surface area is 248 Å². The molecular weight excluding hydrogens is 524 g/mol. The van der Waals surface area contributed by atoms with Gasteiger partial charge in [0.15, 0.2) is 0 Å². The van der Waals surface area contributed by atoms with Crippen molar-refractivity contribution in [2.75, 3.05) is 26.2 Å². The highest BCUT2D eigenvalue weighted by Gasteiger charge is 2.36. The number of nitrogens with one attached hydrogen (secondary N) is 1. The van der Waals surface area contributed by atoms with Crippen molar-refractivity contribution in [2.24, 2.45) is 0 Å². The summed E-state index contributed by atoms with van der Waals surface area (Å²) in [5.41, 5.74) is 8.68. The second kappa shape index (κ2) is 12.7. The summed E-state index contributed by atoms with van der Waals surface area (Å²) in [5, 5.41) is 17.0. The lowest BCUT2D eigenvalue weighted by molar-refractivity contribution is -0.137. The maximum atomic E-state index is 12.3. The maximum absolute atomic E-state index is 12.3. The molecule has 42 heavy (non-hydrogen) atoms. The topological polar surface area (TPSA) is 81.7 Å². The van der Waals surface area contributed by atoms with Crippen LogP contribution in [-0.2, 0) is 11.2 Å². The van der Waals surface area contributed by atoms with Crippen LogP contribution >= 0.6 is 0 Å². The number of piperidine rings is 1. The van der Waals surface area contributed by atoms with Crippen molar-refractivity contribution in [1.29, 1.82) is 0 Å². The molecule has 1 unspecified atom stereocenters. The molecule has 7 nitrogen and oxygen atoms in total. The van der Waals surface area contributed by atoms with Crippen LogP contribution in [0.25, 0.3) is 11.6 Å². The van der Waals surface area contributed by atoms with Crippen molar-refractivity contribution < 1.29 is 14.6 Å². The summed E-state index contributed by atoms with van der Waals surface area (Å²) < 4.78 is 6.50. The molecule has 2 aliphatic heterocycles. The highest BCUT2D eigenvalue weighted by atomic mass is 16.5. The first-order chi connectivity index (χ1) is 20.4. The van der Waals surface area contributed by atoms with Crippen LogP contribution in [0, 0.1) is 0 Å². The minimum absolute atomic E-state index is 0.0811. The number of aliphatic hydroxyl groups is 1. The zero-order valence-corrected chi connectivity index (χ0v) is 24.8. The molecule has 0 radical (unpaired) electrons. The van der Waals surface area contributed by atoms with E-state index in [2.05, 4.69) is 77.5 Å². The van der Waals surface area contributed by atoms with E-state index in [1.807, 2.05) is 11.0 Å². The highest BCUT2D eigenvalue weighted by molar-refractivity contribution is 5.83. The molecule has 0 spiro atoms. The van der Waals surface area contributed by atoms with Crippen LogP contribution in [-0.4, -0.2) is 69.3 Å². The van der Waals surface area contributed by atoms with Gasteiger partial charge in [0, 0.05) is 38.4 Å². The predicted octanol–water partition coefficient (Wildman–Crippen LogP) is 5.83. The second-order valence-corrected chi connectivity index (χ2v) is 12.2. The van der Waals surface area contributed by atoms with Crippen LogP contribution in [0.15, 0.2) is 77.2 Å². The van der Waals surface area contributed by atoms with Crippen molar-refractivity contribution in [1.82, 2.24) is 20.0 Å². The molecule has 1 atom stereocenters. The van der Waals surface area contributed by atoms with Gasteiger partial charge in [0.1, 0.15) is 17.6 Å². The summed E-state index contributed by atoms with van der Waals surface area (Å²) in [7, 11) is 0. The van der Waals surface area contributed by atoms with Crippen molar-refractivity contribution in [3.8, 4) is 5.75 Å². The Bertz CT molecular complexity index is 1450. The Hall–Kier alpha value is -3.68. The Morgan fingerprint density at radius 2 is 1.88 bits per heavy atom. The van der Waals surface area contributed by atoms with Crippen LogP contribution in [0.3, 0.4) is 0 Å². The van der Waals surface area contributed by atoms with Gasteiger partial charge in [-0.25, -0.2) is 0 Å². The summed E-state index contributed by atoms with van der Waals surface area (Å²) in [6.07, 6.45) is 18.5. The number of H-pyrrole nitrogens is 1. The first-order valence-electron chi connectivity index (χ1n) is 15.4. The summed E-state index contributed by atoms with van der Waals surface area (Å²) in [6, 6.07) is 8.76. The SMILES string of the molecule is CC1=CC(CN2CCC(N3CCC(O)C3=O)CC2)=Cc2ccc(OC3=C(C)CCC=C(c4ccn[nH]4)C=C3)cc2CC1. The van der Waals surface area contributed by atoms with Crippen LogP contribution in [0.4, 0.5) is 0 Å². The van der Waals surface area contributed by atoms with E-state index in [-0.39, 0.29) is 11.9 Å². The molecular formula is C35H42N4O3.